The number of hydrogen-bond donors (Lipinski definition) is 0. The summed E-state index contributed by atoms with van der Waals surface area (Å²) in [6.07, 6.45) is 0. The number of benzene rings is 6. The molecule has 0 spiro atoms. The fraction of sp³-hybridized carbons (Fsp3) is 0. The molecule has 0 saturated heterocycles. The van der Waals surface area contributed by atoms with E-state index in [0.717, 1.165) is 45.2 Å². The third kappa shape index (κ3) is 4.52. The summed E-state index contributed by atoms with van der Waals surface area (Å²) in [6, 6.07) is 61.9. The van der Waals surface area contributed by atoms with E-state index in [9.17, 15) is 0 Å². The third-order valence-corrected chi connectivity index (χ3v) is 8.18. The average molecular weight is 564 g/mol. The van der Waals surface area contributed by atoms with Crippen LogP contribution < -0.4 is 4.90 Å². The number of hydrogen-bond acceptors (Lipinski definition) is 2. The Morgan fingerprint density at radius 1 is 0.432 bits per heavy atom. The van der Waals surface area contributed by atoms with E-state index in [0.29, 0.717) is 0 Å². The molecule has 3 heteroatoms. The smallest absolute Gasteiger partial charge is 0.138 e. The quantitative estimate of drug-likeness (QED) is 0.201. The van der Waals surface area contributed by atoms with E-state index in [1.807, 2.05) is 6.07 Å². The van der Waals surface area contributed by atoms with E-state index in [1.54, 1.807) is 0 Å². The van der Waals surface area contributed by atoms with Gasteiger partial charge in [0.05, 0.1) is 22.4 Å². The zero-order valence-corrected chi connectivity index (χ0v) is 24.1. The summed E-state index contributed by atoms with van der Waals surface area (Å²) < 4.78 is 2.30. The topological polar surface area (TPSA) is 21.1 Å². The van der Waals surface area contributed by atoms with Gasteiger partial charge in [-0.15, -0.1) is 0 Å². The van der Waals surface area contributed by atoms with E-state index < -0.39 is 0 Å². The molecule has 0 aliphatic carbocycles. The van der Waals surface area contributed by atoms with Crippen molar-refractivity contribution in [2.45, 2.75) is 0 Å². The average Bonchev–Trinajstić information content (AvgIpc) is 3.45. The molecular formula is C41H29N3. The maximum Gasteiger partial charge on any atom is 0.138 e. The van der Waals surface area contributed by atoms with Crippen LogP contribution in [0.1, 0.15) is 0 Å². The van der Waals surface area contributed by atoms with E-state index in [4.69, 9.17) is 4.98 Å². The van der Waals surface area contributed by atoms with Gasteiger partial charge in [0.2, 0.25) is 0 Å². The van der Waals surface area contributed by atoms with Crippen LogP contribution in [0, 0.1) is 0 Å². The Kier molecular flexibility index (Phi) is 6.47. The summed E-state index contributed by atoms with van der Waals surface area (Å²) in [5, 5.41) is 2.37. The summed E-state index contributed by atoms with van der Waals surface area (Å²) >= 11 is 0. The lowest BCUT2D eigenvalue weighted by Gasteiger charge is -2.27. The normalized spacial score (nSPS) is 11.2. The highest BCUT2D eigenvalue weighted by atomic mass is 15.2. The Labute approximate surface area is 256 Å². The maximum atomic E-state index is 5.17. The number of para-hydroxylation sites is 2. The molecule has 2 aromatic heterocycles. The first-order chi connectivity index (χ1) is 21.8. The van der Waals surface area contributed by atoms with Crippen molar-refractivity contribution >= 4 is 38.9 Å². The van der Waals surface area contributed by atoms with Crippen molar-refractivity contribution in [3.63, 3.8) is 0 Å². The molecule has 0 unspecified atom stereocenters. The summed E-state index contributed by atoms with van der Waals surface area (Å²) in [6.45, 7) is 0. The first-order valence-corrected chi connectivity index (χ1v) is 14.9. The van der Waals surface area contributed by atoms with Gasteiger partial charge in [0.25, 0.3) is 0 Å². The van der Waals surface area contributed by atoms with Crippen molar-refractivity contribution < 1.29 is 0 Å². The molecule has 0 bridgehead atoms. The second kappa shape index (κ2) is 11.0. The van der Waals surface area contributed by atoms with Crippen LogP contribution in [0.5, 0.6) is 0 Å². The lowest BCUT2D eigenvalue weighted by Crippen LogP contribution is -2.10. The minimum Gasteiger partial charge on any atom is -0.310 e. The molecule has 8 rings (SSSR count). The van der Waals surface area contributed by atoms with Gasteiger partial charge >= 0.3 is 0 Å². The van der Waals surface area contributed by atoms with Gasteiger partial charge in [-0.05, 0) is 65.7 Å². The molecule has 0 saturated carbocycles. The van der Waals surface area contributed by atoms with E-state index >= 15 is 0 Å². The van der Waals surface area contributed by atoms with Crippen molar-refractivity contribution in [3.8, 4) is 28.2 Å². The number of aromatic nitrogens is 2. The van der Waals surface area contributed by atoms with Gasteiger partial charge in [-0.3, -0.25) is 4.57 Å². The SMILES string of the molecule is c1ccc(-c2cccc(N(c3ccccc3)c3cccc4c3c3ccccc3n4-c3cccc(-c4ccccc4)n3)c2)cc1. The van der Waals surface area contributed by atoms with Gasteiger partial charge in [-0.1, -0.05) is 121 Å². The summed E-state index contributed by atoms with van der Waals surface area (Å²) in [5.41, 5.74) is 9.99. The summed E-state index contributed by atoms with van der Waals surface area (Å²) in [4.78, 5) is 7.55. The highest BCUT2D eigenvalue weighted by molar-refractivity contribution is 6.16. The molecule has 0 fully saturated rings. The largest absolute Gasteiger partial charge is 0.310 e. The lowest BCUT2D eigenvalue weighted by molar-refractivity contribution is 1.08. The van der Waals surface area contributed by atoms with Crippen molar-refractivity contribution in [2.24, 2.45) is 0 Å². The van der Waals surface area contributed by atoms with Crippen molar-refractivity contribution in [1.29, 1.82) is 0 Å². The van der Waals surface area contributed by atoms with E-state index in [2.05, 4.69) is 179 Å². The standard InChI is InChI=1S/C41H29N3/c1-4-15-30(16-5-1)32-19-12-22-34(29-32)43(33-20-8-3-9-21-33)38-26-14-27-39-41(38)35-23-10-11-25-37(35)44(39)40-28-13-24-36(42-40)31-17-6-2-7-18-31/h1-29H. The zero-order valence-electron chi connectivity index (χ0n) is 24.1. The second-order valence-corrected chi connectivity index (χ2v) is 10.9. The molecule has 0 aliphatic heterocycles. The molecular weight excluding hydrogens is 534 g/mol. The number of rotatable bonds is 6. The number of pyridine rings is 1. The molecule has 6 aromatic carbocycles. The number of anilines is 3. The van der Waals surface area contributed by atoms with Gasteiger partial charge in [0.1, 0.15) is 5.82 Å². The van der Waals surface area contributed by atoms with Crippen LogP contribution in [-0.2, 0) is 0 Å². The highest BCUT2D eigenvalue weighted by Crippen LogP contribution is 2.44. The first kappa shape index (κ1) is 25.8. The Morgan fingerprint density at radius 3 is 1.82 bits per heavy atom. The minimum absolute atomic E-state index is 0.895. The van der Waals surface area contributed by atoms with Crippen molar-refractivity contribution in [1.82, 2.24) is 9.55 Å². The van der Waals surface area contributed by atoms with Crippen LogP contribution in [0.2, 0.25) is 0 Å². The highest BCUT2D eigenvalue weighted by Gasteiger charge is 2.21. The van der Waals surface area contributed by atoms with Gasteiger partial charge in [0, 0.05) is 27.7 Å². The Morgan fingerprint density at radius 2 is 1.02 bits per heavy atom. The summed E-state index contributed by atoms with van der Waals surface area (Å²) in [7, 11) is 0. The molecule has 8 aromatic rings. The fourth-order valence-corrected chi connectivity index (χ4v) is 6.21. The number of nitrogens with zero attached hydrogens (tertiary/aromatic N) is 3. The van der Waals surface area contributed by atoms with Gasteiger partial charge in [-0.25, -0.2) is 4.98 Å². The zero-order chi connectivity index (χ0) is 29.3. The van der Waals surface area contributed by atoms with Gasteiger partial charge in [-0.2, -0.15) is 0 Å². The van der Waals surface area contributed by atoms with Crippen LogP contribution in [0.4, 0.5) is 17.1 Å². The fourth-order valence-electron chi connectivity index (χ4n) is 6.21. The Hall–Kier alpha value is -5.93. The molecule has 0 aliphatic rings. The van der Waals surface area contributed by atoms with Crippen LogP contribution in [0.3, 0.4) is 0 Å². The van der Waals surface area contributed by atoms with Crippen molar-refractivity contribution in [2.75, 3.05) is 4.90 Å². The molecule has 208 valence electrons. The first-order valence-electron chi connectivity index (χ1n) is 14.9. The maximum absolute atomic E-state index is 5.17. The Bertz CT molecular complexity index is 2220. The van der Waals surface area contributed by atoms with Crippen LogP contribution in [0.25, 0.3) is 50.0 Å². The van der Waals surface area contributed by atoms with E-state index in [-0.39, 0.29) is 0 Å². The molecule has 2 heterocycles. The molecule has 0 radical (unpaired) electrons. The molecule has 0 N–H and O–H groups in total. The summed E-state index contributed by atoms with van der Waals surface area (Å²) in [5.74, 6) is 0.895. The van der Waals surface area contributed by atoms with E-state index in [1.165, 1.54) is 21.9 Å². The van der Waals surface area contributed by atoms with Crippen LogP contribution >= 0.6 is 0 Å². The molecule has 44 heavy (non-hydrogen) atoms. The Balaban J connectivity index is 1.38. The van der Waals surface area contributed by atoms with Crippen LogP contribution in [-0.4, -0.2) is 9.55 Å². The van der Waals surface area contributed by atoms with Gasteiger partial charge < -0.3 is 4.90 Å². The van der Waals surface area contributed by atoms with Gasteiger partial charge in [0.15, 0.2) is 0 Å². The minimum atomic E-state index is 0.895. The monoisotopic (exact) mass is 563 g/mol. The lowest BCUT2D eigenvalue weighted by atomic mass is 10.0. The molecule has 3 nitrogen and oxygen atoms in total. The van der Waals surface area contributed by atoms with Crippen LogP contribution in [0.15, 0.2) is 176 Å². The molecule has 0 atom stereocenters. The second-order valence-electron chi connectivity index (χ2n) is 10.9. The van der Waals surface area contributed by atoms with Crippen molar-refractivity contribution in [3.05, 3.63) is 176 Å². The molecule has 0 amide bonds. The predicted molar refractivity (Wildman–Crippen MR) is 184 cm³/mol. The third-order valence-electron chi connectivity index (χ3n) is 8.18. The predicted octanol–water partition coefficient (Wildman–Crippen LogP) is 11.0. The number of fused-ring (bicyclic) bond motifs is 3.